The lowest BCUT2D eigenvalue weighted by molar-refractivity contribution is -0.113. The largest absolute Gasteiger partial charge is 0.461 e. The maximum atomic E-state index is 12.6. The maximum absolute atomic E-state index is 12.6. The van der Waals surface area contributed by atoms with Crippen LogP contribution in [-0.4, -0.2) is 26.4 Å². The van der Waals surface area contributed by atoms with Gasteiger partial charge < -0.3 is 9.73 Å². The van der Waals surface area contributed by atoms with Crippen molar-refractivity contribution in [2.75, 3.05) is 11.1 Å². The van der Waals surface area contributed by atoms with E-state index in [-0.39, 0.29) is 11.7 Å². The first-order valence-electron chi connectivity index (χ1n) is 9.27. The molecule has 0 atom stereocenters. The number of furan rings is 1. The van der Waals surface area contributed by atoms with Crippen LogP contribution in [0.5, 0.6) is 0 Å². The van der Waals surface area contributed by atoms with Gasteiger partial charge in [-0.1, -0.05) is 41.6 Å². The minimum absolute atomic E-state index is 0.109. The molecule has 0 fully saturated rings. The van der Waals surface area contributed by atoms with Crippen molar-refractivity contribution in [3.8, 4) is 17.3 Å². The molecule has 8 heteroatoms. The Kier molecular flexibility index (Phi) is 5.92. The summed E-state index contributed by atoms with van der Waals surface area (Å²) in [5.74, 6) is 1.23. The third-order valence-electron chi connectivity index (χ3n) is 4.54. The second-order valence-electron chi connectivity index (χ2n) is 6.70. The van der Waals surface area contributed by atoms with E-state index in [1.807, 2.05) is 54.8 Å². The van der Waals surface area contributed by atoms with Crippen LogP contribution in [0.4, 0.5) is 5.69 Å². The van der Waals surface area contributed by atoms with Gasteiger partial charge in [-0.2, -0.15) is 0 Å². The Morgan fingerprint density at radius 2 is 1.80 bits per heavy atom. The number of hydrogen-bond donors (Lipinski definition) is 1. The first-order chi connectivity index (χ1) is 14.5. The lowest BCUT2D eigenvalue weighted by Gasteiger charge is -2.12. The molecule has 1 amide bonds. The summed E-state index contributed by atoms with van der Waals surface area (Å²) in [6, 6.07) is 16.9. The molecule has 0 bridgehead atoms. The van der Waals surface area contributed by atoms with Crippen LogP contribution in [0.25, 0.3) is 17.3 Å². The Morgan fingerprint density at radius 1 is 1.07 bits per heavy atom. The van der Waals surface area contributed by atoms with Crippen LogP contribution in [0.15, 0.2) is 70.4 Å². The smallest absolute Gasteiger partial charge is 0.234 e. The number of nitrogens with zero attached hydrogens (tertiary/aromatic N) is 3. The van der Waals surface area contributed by atoms with E-state index in [1.165, 1.54) is 11.8 Å². The van der Waals surface area contributed by atoms with Gasteiger partial charge in [-0.25, -0.2) is 0 Å². The van der Waals surface area contributed by atoms with E-state index in [0.29, 0.717) is 21.8 Å². The molecule has 4 rings (SSSR count). The van der Waals surface area contributed by atoms with Gasteiger partial charge in [0.15, 0.2) is 10.9 Å². The summed E-state index contributed by atoms with van der Waals surface area (Å²) in [7, 11) is 0. The Labute approximate surface area is 183 Å². The van der Waals surface area contributed by atoms with E-state index in [2.05, 4.69) is 15.5 Å². The molecule has 4 aromatic rings. The third kappa shape index (κ3) is 4.27. The van der Waals surface area contributed by atoms with Crippen molar-refractivity contribution in [1.82, 2.24) is 14.8 Å². The Morgan fingerprint density at radius 3 is 2.47 bits per heavy atom. The predicted octanol–water partition coefficient (Wildman–Crippen LogP) is 5.53. The molecule has 0 spiro atoms. The molecule has 30 heavy (non-hydrogen) atoms. The summed E-state index contributed by atoms with van der Waals surface area (Å²) in [5.41, 5.74) is 3.72. The predicted molar refractivity (Wildman–Crippen MR) is 119 cm³/mol. The van der Waals surface area contributed by atoms with Crippen molar-refractivity contribution < 1.29 is 9.21 Å². The molecular formula is C22H19ClN4O2S. The van der Waals surface area contributed by atoms with Gasteiger partial charge in [-0.3, -0.25) is 9.36 Å². The molecule has 0 saturated heterocycles. The Bertz CT molecular complexity index is 1150. The summed E-state index contributed by atoms with van der Waals surface area (Å²) >= 11 is 7.35. The SMILES string of the molecule is Cc1cccc(C)c1NC(=O)CSc1nnc(-c2ccco2)n1-c1ccc(Cl)cc1. The third-order valence-corrected chi connectivity index (χ3v) is 5.72. The highest BCUT2D eigenvalue weighted by molar-refractivity contribution is 7.99. The zero-order valence-electron chi connectivity index (χ0n) is 16.4. The van der Waals surface area contributed by atoms with Crippen LogP contribution in [-0.2, 0) is 4.79 Å². The van der Waals surface area contributed by atoms with Crippen LogP contribution >= 0.6 is 23.4 Å². The van der Waals surface area contributed by atoms with E-state index in [4.69, 9.17) is 16.0 Å². The second kappa shape index (κ2) is 8.77. The summed E-state index contributed by atoms with van der Waals surface area (Å²) in [6.45, 7) is 3.95. The van der Waals surface area contributed by atoms with Gasteiger partial charge in [-0.15, -0.1) is 10.2 Å². The first kappa shape index (κ1) is 20.3. The molecule has 6 nitrogen and oxygen atoms in total. The average Bonchev–Trinajstić information content (AvgIpc) is 3.39. The molecule has 152 valence electrons. The van der Waals surface area contributed by atoms with E-state index in [9.17, 15) is 4.79 Å². The van der Waals surface area contributed by atoms with Crippen molar-refractivity contribution in [2.45, 2.75) is 19.0 Å². The molecule has 0 aliphatic rings. The number of carbonyl (C=O) groups is 1. The summed E-state index contributed by atoms with van der Waals surface area (Å²) in [5, 5.41) is 12.8. The van der Waals surface area contributed by atoms with Gasteiger partial charge in [-0.05, 0) is 61.4 Å². The Hall–Kier alpha value is -3.03. The molecule has 2 aromatic heterocycles. The van der Waals surface area contributed by atoms with E-state index in [1.54, 1.807) is 24.5 Å². The number of para-hydroxylation sites is 1. The highest BCUT2D eigenvalue weighted by Crippen LogP contribution is 2.29. The lowest BCUT2D eigenvalue weighted by Crippen LogP contribution is -2.16. The Balaban J connectivity index is 1.58. The summed E-state index contributed by atoms with van der Waals surface area (Å²) in [6.07, 6.45) is 1.58. The van der Waals surface area contributed by atoms with Crippen LogP contribution in [0.2, 0.25) is 5.02 Å². The summed E-state index contributed by atoms with van der Waals surface area (Å²) < 4.78 is 7.37. The number of aromatic nitrogens is 3. The van der Waals surface area contributed by atoms with Crippen molar-refractivity contribution in [3.05, 3.63) is 77.0 Å². The zero-order valence-corrected chi connectivity index (χ0v) is 18.0. The fraction of sp³-hybridized carbons (Fsp3) is 0.136. The minimum Gasteiger partial charge on any atom is -0.461 e. The number of rotatable bonds is 6. The molecular weight excluding hydrogens is 420 g/mol. The molecule has 0 aliphatic heterocycles. The fourth-order valence-electron chi connectivity index (χ4n) is 3.07. The number of amides is 1. The molecule has 0 saturated carbocycles. The first-order valence-corrected chi connectivity index (χ1v) is 10.6. The van der Waals surface area contributed by atoms with Crippen LogP contribution in [0.3, 0.4) is 0 Å². The number of carbonyl (C=O) groups excluding carboxylic acids is 1. The highest BCUT2D eigenvalue weighted by Gasteiger charge is 2.19. The van der Waals surface area contributed by atoms with Crippen molar-refractivity contribution in [1.29, 1.82) is 0 Å². The highest BCUT2D eigenvalue weighted by atomic mass is 35.5. The van der Waals surface area contributed by atoms with Crippen molar-refractivity contribution >= 4 is 35.0 Å². The van der Waals surface area contributed by atoms with Crippen molar-refractivity contribution in [2.24, 2.45) is 0 Å². The fourth-order valence-corrected chi connectivity index (χ4v) is 3.95. The monoisotopic (exact) mass is 438 g/mol. The molecule has 1 N–H and O–H groups in total. The number of anilines is 1. The number of halogens is 1. The van der Waals surface area contributed by atoms with Crippen LogP contribution in [0, 0.1) is 13.8 Å². The van der Waals surface area contributed by atoms with Crippen LogP contribution in [0.1, 0.15) is 11.1 Å². The molecule has 0 unspecified atom stereocenters. The van der Waals surface area contributed by atoms with Gasteiger partial charge in [0, 0.05) is 16.4 Å². The quantitative estimate of drug-likeness (QED) is 0.401. The topological polar surface area (TPSA) is 73.0 Å². The minimum atomic E-state index is -0.109. The number of benzene rings is 2. The molecule has 0 aliphatic carbocycles. The zero-order chi connectivity index (χ0) is 21.1. The van der Waals surface area contributed by atoms with E-state index < -0.39 is 0 Å². The maximum Gasteiger partial charge on any atom is 0.234 e. The normalized spacial score (nSPS) is 10.9. The van der Waals surface area contributed by atoms with Gasteiger partial charge >= 0.3 is 0 Å². The average molecular weight is 439 g/mol. The van der Waals surface area contributed by atoms with Gasteiger partial charge in [0.2, 0.25) is 11.7 Å². The van der Waals surface area contributed by atoms with E-state index >= 15 is 0 Å². The number of thioether (sulfide) groups is 1. The number of nitrogens with one attached hydrogen (secondary N) is 1. The van der Waals surface area contributed by atoms with Gasteiger partial charge in [0.05, 0.1) is 12.0 Å². The molecule has 2 aromatic carbocycles. The summed E-state index contributed by atoms with van der Waals surface area (Å²) in [4.78, 5) is 12.6. The molecule has 2 heterocycles. The van der Waals surface area contributed by atoms with E-state index in [0.717, 1.165) is 22.5 Å². The lowest BCUT2D eigenvalue weighted by atomic mass is 10.1. The number of hydrogen-bond acceptors (Lipinski definition) is 5. The van der Waals surface area contributed by atoms with Gasteiger partial charge in [0.25, 0.3) is 0 Å². The number of aryl methyl sites for hydroxylation is 2. The van der Waals surface area contributed by atoms with Crippen molar-refractivity contribution in [3.63, 3.8) is 0 Å². The van der Waals surface area contributed by atoms with Gasteiger partial charge in [0.1, 0.15) is 0 Å². The second-order valence-corrected chi connectivity index (χ2v) is 8.08. The molecule has 0 radical (unpaired) electrons. The van der Waals surface area contributed by atoms with Crippen LogP contribution < -0.4 is 5.32 Å². The standard InChI is InChI=1S/C22H19ClN4O2S/c1-14-5-3-6-15(2)20(14)24-19(28)13-30-22-26-25-21(18-7-4-12-29-18)27(22)17-10-8-16(23)9-11-17/h3-12H,13H2,1-2H3,(H,24,28).